The van der Waals surface area contributed by atoms with Crippen LogP contribution < -0.4 is 10.6 Å². The van der Waals surface area contributed by atoms with Crippen LogP contribution in [0, 0.1) is 12.7 Å². The molecule has 0 spiro atoms. The molecule has 0 aliphatic carbocycles. The minimum Gasteiger partial charge on any atom is -0.369 e. The molecule has 5 heteroatoms. The summed E-state index contributed by atoms with van der Waals surface area (Å²) in [5, 5.41) is 0. The van der Waals surface area contributed by atoms with Gasteiger partial charge in [-0.2, -0.15) is 0 Å². The summed E-state index contributed by atoms with van der Waals surface area (Å²) in [6.45, 7) is 4.61. The highest BCUT2D eigenvalue weighted by Crippen LogP contribution is 2.27. The molecule has 1 aromatic carbocycles. The zero-order chi connectivity index (χ0) is 14.0. The van der Waals surface area contributed by atoms with Crippen molar-refractivity contribution in [3.63, 3.8) is 0 Å². The highest BCUT2D eigenvalue weighted by atomic mass is 32.1. The fourth-order valence-corrected chi connectivity index (χ4v) is 2.85. The van der Waals surface area contributed by atoms with Gasteiger partial charge in [0.05, 0.1) is 17.7 Å². The van der Waals surface area contributed by atoms with Gasteiger partial charge >= 0.3 is 0 Å². The lowest BCUT2D eigenvalue weighted by atomic mass is 10.1. The normalized spacial score (nSPS) is 12.5. The van der Waals surface area contributed by atoms with Crippen molar-refractivity contribution < 1.29 is 4.39 Å². The minimum atomic E-state index is -0.251. The molecule has 1 atom stereocenters. The molecule has 19 heavy (non-hydrogen) atoms. The summed E-state index contributed by atoms with van der Waals surface area (Å²) in [6, 6.07) is 4.56. The summed E-state index contributed by atoms with van der Waals surface area (Å²) in [7, 11) is 1.98. The van der Waals surface area contributed by atoms with Gasteiger partial charge in [-0.25, -0.2) is 9.37 Å². The maximum absolute atomic E-state index is 13.3. The Labute approximate surface area is 116 Å². The van der Waals surface area contributed by atoms with E-state index in [4.69, 9.17) is 5.73 Å². The Morgan fingerprint density at radius 2 is 2.21 bits per heavy atom. The first-order valence-electron chi connectivity index (χ1n) is 6.14. The number of thiazole rings is 1. The van der Waals surface area contributed by atoms with Crippen molar-refractivity contribution in [3.8, 4) is 0 Å². The molecule has 3 nitrogen and oxygen atoms in total. The first-order chi connectivity index (χ1) is 8.99. The maximum Gasteiger partial charge on any atom is 0.123 e. The van der Waals surface area contributed by atoms with Crippen LogP contribution in [0.5, 0.6) is 0 Å². The molecule has 0 aliphatic heterocycles. The van der Waals surface area contributed by atoms with Crippen LogP contribution in [0.1, 0.15) is 29.1 Å². The molecule has 0 radical (unpaired) electrons. The van der Waals surface area contributed by atoms with Crippen molar-refractivity contribution in [3.05, 3.63) is 45.7 Å². The number of nitrogens with zero attached hydrogens (tertiary/aromatic N) is 2. The van der Waals surface area contributed by atoms with Crippen molar-refractivity contribution in [1.29, 1.82) is 0 Å². The van der Waals surface area contributed by atoms with Crippen molar-refractivity contribution >= 4 is 17.0 Å². The Morgan fingerprint density at radius 3 is 2.79 bits per heavy atom. The van der Waals surface area contributed by atoms with Crippen molar-refractivity contribution in [2.75, 3.05) is 11.9 Å². The fourth-order valence-electron chi connectivity index (χ4n) is 2.02. The van der Waals surface area contributed by atoms with E-state index in [0.717, 1.165) is 23.5 Å². The fraction of sp³-hybridized carbons (Fsp3) is 0.357. The van der Waals surface area contributed by atoms with E-state index in [0.29, 0.717) is 0 Å². The third kappa shape index (κ3) is 3.11. The van der Waals surface area contributed by atoms with Crippen molar-refractivity contribution in [1.82, 2.24) is 4.98 Å². The molecule has 0 aliphatic rings. The van der Waals surface area contributed by atoms with E-state index in [-0.39, 0.29) is 11.9 Å². The molecule has 0 amide bonds. The number of nitrogens with two attached hydrogens (primary N) is 1. The molecule has 0 bridgehead atoms. The van der Waals surface area contributed by atoms with E-state index in [1.54, 1.807) is 17.4 Å². The summed E-state index contributed by atoms with van der Waals surface area (Å²) in [4.78, 5) is 7.53. The van der Waals surface area contributed by atoms with Crippen LogP contribution in [0.4, 0.5) is 10.1 Å². The Bertz CT molecular complexity index is 566. The molecule has 2 aromatic rings. The second-order valence-electron chi connectivity index (χ2n) is 4.71. The summed E-state index contributed by atoms with van der Waals surface area (Å²) in [5.41, 5.74) is 10.6. The maximum atomic E-state index is 13.3. The van der Waals surface area contributed by atoms with Gasteiger partial charge in [0.1, 0.15) is 5.82 Å². The molecule has 2 N–H and O–H groups in total. The highest BCUT2D eigenvalue weighted by molar-refractivity contribution is 7.09. The van der Waals surface area contributed by atoms with Gasteiger partial charge in [-0.15, -0.1) is 11.3 Å². The molecule has 0 unspecified atom stereocenters. The van der Waals surface area contributed by atoms with Gasteiger partial charge in [0.2, 0.25) is 0 Å². The van der Waals surface area contributed by atoms with Gasteiger partial charge in [-0.3, -0.25) is 0 Å². The lowest BCUT2D eigenvalue weighted by Gasteiger charge is -2.23. The number of benzene rings is 1. The topological polar surface area (TPSA) is 42.2 Å². The van der Waals surface area contributed by atoms with E-state index in [1.165, 1.54) is 17.0 Å². The Balaban J connectivity index is 2.28. The SMILES string of the molecule is Cc1ncsc1CN(C)c1ccc(F)cc1[C@H](C)N. The summed E-state index contributed by atoms with van der Waals surface area (Å²) in [6.07, 6.45) is 0. The van der Waals surface area contributed by atoms with Crippen LogP contribution in [0.2, 0.25) is 0 Å². The smallest absolute Gasteiger partial charge is 0.123 e. The van der Waals surface area contributed by atoms with Crippen molar-refractivity contribution in [2.24, 2.45) is 5.73 Å². The van der Waals surface area contributed by atoms with Gasteiger partial charge < -0.3 is 10.6 Å². The molecule has 2 rings (SSSR count). The van der Waals surface area contributed by atoms with Crippen LogP contribution >= 0.6 is 11.3 Å². The molecule has 0 fully saturated rings. The van der Waals surface area contributed by atoms with E-state index >= 15 is 0 Å². The average molecular weight is 279 g/mol. The highest BCUT2D eigenvalue weighted by Gasteiger charge is 2.13. The first-order valence-corrected chi connectivity index (χ1v) is 7.02. The zero-order valence-electron chi connectivity index (χ0n) is 11.4. The third-order valence-electron chi connectivity index (χ3n) is 3.12. The van der Waals surface area contributed by atoms with E-state index < -0.39 is 0 Å². The molecular weight excluding hydrogens is 261 g/mol. The summed E-state index contributed by atoms with van der Waals surface area (Å²) < 4.78 is 13.3. The molecule has 102 valence electrons. The van der Waals surface area contributed by atoms with Crippen LogP contribution in [0.15, 0.2) is 23.7 Å². The van der Waals surface area contributed by atoms with Crippen LogP contribution in [0.3, 0.4) is 0 Å². The predicted octanol–water partition coefficient (Wildman–Crippen LogP) is 3.25. The molecule has 0 saturated heterocycles. The zero-order valence-corrected chi connectivity index (χ0v) is 12.2. The third-order valence-corrected chi connectivity index (χ3v) is 4.04. The number of rotatable bonds is 4. The second-order valence-corrected chi connectivity index (χ2v) is 5.65. The Kier molecular flexibility index (Phi) is 4.17. The summed E-state index contributed by atoms with van der Waals surface area (Å²) >= 11 is 1.63. The molecular formula is C14H18FN3S. The summed E-state index contributed by atoms with van der Waals surface area (Å²) in [5.74, 6) is -0.251. The van der Waals surface area contributed by atoms with E-state index in [1.807, 2.05) is 26.4 Å². The average Bonchev–Trinajstić information content (AvgIpc) is 2.74. The number of aromatic nitrogens is 1. The first kappa shape index (κ1) is 14.0. The van der Waals surface area contributed by atoms with Gasteiger partial charge in [0.25, 0.3) is 0 Å². The minimum absolute atomic E-state index is 0.198. The number of hydrogen-bond donors (Lipinski definition) is 1. The number of hydrogen-bond acceptors (Lipinski definition) is 4. The largest absolute Gasteiger partial charge is 0.369 e. The number of aryl methyl sites for hydroxylation is 1. The van der Waals surface area contributed by atoms with Crippen LogP contribution in [0.25, 0.3) is 0 Å². The van der Waals surface area contributed by atoms with Crippen LogP contribution in [-0.2, 0) is 6.54 Å². The standard InChI is InChI=1S/C14H18FN3S/c1-9(16)12-6-11(15)4-5-13(12)18(3)7-14-10(2)17-8-19-14/h4-6,8-9H,7,16H2,1-3H3/t9-/m0/s1. The molecule has 0 saturated carbocycles. The number of anilines is 1. The van der Waals surface area contributed by atoms with Gasteiger partial charge in [0.15, 0.2) is 0 Å². The lowest BCUT2D eigenvalue weighted by Crippen LogP contribution is -2.20. The Hall–Kier alpha value is -1.46. The predicted molar refractivity (Wildman–Crippen MR) is 78.0 cm³/mol. The van der Waals surface area contributed by atoms with Gasteiger partial charge in [0, 0.05) is 23.7 Å². The lowest BCUT2D eigenvalue weighted by molar-refractivity contribution is 0.622. The van der Waals surface area contributed by atoms with Gasteiger partial charge in [-0.05, 0) is 37.6 Å². The van der Waals surface area contributed by atoms with Crippen molar-refractivity contribution in [2.45, 2.75) is 26.4 Å². The number of halogens is 1. The van der Waals surface area contributed by atoms with Crippen LogP contribution in [-0.4, -0.2) is 12.0 Å². The van der Waals surface area contributed by atoms with E-state index in [2.05, 4.69) is 9.88 Å². The second kappa shape index (κ2) is 5.67. The molecule has 1 heterocycles. The Morgan fingerprint density at radius 1 is 1.47 bits per heavy atom. The molecule has 1 aromatic heterocycles. The monoisotopic (exact) mass is 279 g/mol. The quantitative estimate of drug-likeness (QED) is 0.934. The van der Waals surface area contributed by atoms with Gasteiger partial charge in [-0.1, -0.05) is 0 Å². The van der Waals surface area contributed by atoms with E-state index in [9.17, 15) is 4.39 Å².